The zero-order valence-corrected chi connectivity index (χ0v) is 19.5. The molecular formula is C32H19ClN2. The van der Waals surface area contributed by atoms with Crippen LogP contribution in [-0.4, -0.2) is 9.97 Å². The van der Waals surface area contributed by atoms with Crippen molar-refractivity contribution in [3.63, 3.8) is 0 Å². The highest BCUT2D eigenvalue weighted by Crippen LogP contribution is 2.39. The third kappa shape index (κ3) is 3.26. The van der Waals surface area contributed by atoms with Crippen molar-refractivity contribution < 1.29 is 0 Å². The third-order valence-electron chi connectivity index (χ3n) is 6.79. The van der Waals surface area contributed by atoms with Gasteiger partial charge in [-0.25, -0.2) is 9.97 Å². The summed E-state index contributed by atoms with van der Waals surface area (Å²) in [4.78, 5) is 9.41. The summed E-state index contributed by atoms with van der Waals surface area (Å²) in [5.41, 5.74) is 5.11. The maximum atomic E-state index is 6.49. The van der Waals surface area contributed by atoms with Crippen LogP contribution in [0.3, 0.4) is 0 Å². The van der Waals surface area contributed by atoms with Crippen molar-refractivity contribution in [2.24, 2.45) is 0 Å². The smallest absolute Gasteiger partial charge is 0.217 e. The molecule has 2 nitrogen and oxygen atoms in total. The molecule has 6 aromatic carbocycles. The van der Waals surface area contributed by atoms with E-state index in [2.05, 4.69) is 114 Å². The summed E-state index contributed by atoms with van der Waals surface area (Å²) < 4.78 is 0. The van der Waals surface area contributed by atoms with Crippen LogP contribution >= 0.6 is 11.6 Å². The summed E-state index contributed by atoms with van der Waals surface area (Å²) in [7, 11) is 0. The number of aromatic nitrogens is 2. The van der Waals surface area contributed by atoms with E-state index in [1.54, 1.807) is 0 Å². The van der Waals surface area contributed by atoms with Gasteiger partial charge in [0, 0.05) is 16.3 Å². The molecule has 1 heterocycles. The fraction of sp³-hybridized carbons (Fsp3) is 0. The minimum Gasteiger partial charge on any atom is -0.217 e. The Bertz CT molecular complexity index is 1910. The molecule has 1 aromatic heterocycles. The van der Waals surface area contributed by atoms with Crippen LogP contribution in [0.5, 0.6) is 0 Å². The molecule has 0 aliphatic heterocycles. The van der Waals surface area contributed by atoms with Gasteiger partial charge in [0.05, 0.1) is 11.2 Å². The number of hydrogen-bond acceptors (Lipinski definition) is 2. The quantitative estimate of drug-likeness (QED) is 0.187. The zero-order chi connectivity index (χ0) is 23.4. The van der Waals surface area contributed by atoms with Crippen molar-refractivity contribution in [2.75, 3.05) is 0 Å². The van der Waals surface area contributed by atoms with Gasteiger partial charge in [-0.2, -0.15) is 0 Å². The largest absolute Gasteiger partial charge is 0.223 e. The minimum absolute atomic E-state index is 0.256. The van der Waals surface area contributed by atoms with Crippen LogP contribution in [0.25, 0.3) is 65.6 Å². The first-order valence-electron chi connectivity index (χ1n) is 11.6. The van der Waals surface area contributed by atoms with Gasteiger partial charge in [-0.1, -0.05) is 109 Å². The third-order valence-corrected chi connectivity index (χ3v) is 6.96. The summed E-state index contributed by atoms with van der Waals surface area (Å²) in [5.74, 6) is 0. The lowest BCUT2D eigenvalue weighted by Crippen LogP contribution is -1.94. The first-order valence-corrected chi connectivity index (χ1v) is 12.0. The van der Waals surface area contributed by atoms with Crippen molar-refractivity contribution in [1.82, 2.24) is 9.97 Å². The molecule has 0 atom stereocenters. The van der Waals surface area contributed by atoms with Gasteiger partial charge >= 0.3 is 0 Å². The molecule has 0 N–H and O–H groups in total. The van der Waals surface area contributed by atoms with Crippen LogP contribution in [0.15, 0.2) is 115 Å². The second kappa shape index (κ2) is 7.90. The molecule has 164 valence electrons. The normalized spacial score (nSPS) is 11.6. The SMILES string of the molecule is Clc1nc(-c2ccc(-c3ccc4ccccc4c3)cc2)c2c3ccccc3c3ccccc3c2n1. The fourth-order valence-corrected chi connectivity index (χ4v) is 5.31. The number of rotatable bonds is 2. The molecule has 0 aliphatic carbocycles. The van der Waals surface area contributed by atoms with E-state index in [1.807, 2.05) is 6.07 Å². The lowest BCUT2D eigenvalue weighted by molar-refractivity contribution is 1.23. The average Bonchev–Trinajstić information content (AvgIpc) is 2.92. The summed E-state index contributed by atoms with van der Waals surface area (Å²) >= 11 is 6.49. The lowest BCUT2D eigenvalue weighted by Gasteiger charge is -2.13. The molecular weight excluding hydrogens is 448 g/mol. The predicted molar refractivity (Wildman–Crippen MR) is 148 cm³/mol. The standard InChI is InChI=1S/C32H19ClN2/c33-32-34-30(22-16-13-21(14-17-22)24-18-15-20-7-1-2-8-23(20)19-24)29-27-11-5-3-9-25(27)26-10-4-6-12-28(26)31(29)35-32/h1-19H. The van der Waals surface area contributed by atoms with Crippen molar-refractivity contribution in [3.05, 3.63) is 121 Å². The summed E-state index contributed by atoms with van der Waals surface area (Å²) in [6.45, 7) is 0. The van der Waals surface area contributed by atoms with Crippen molar-refractivity contribution in [2.45, 2.75) is 0 Å². The number of halogens is 1. The lowest BCUT2D eigenvalue weighted by atomic mass is 9.94. The molecule has 7 rings (SSSR count). The van der Waals surface area contributed by atoms with E-state index >= 15 is 0 Å². The summed E-state index contributed by atoms with van der Waals surface area (Å²) in [5, 5.41) is 8.34. The Hall–Kier alpha value is -4.27. The Kier molecular flexibility index (Phi) is 4.54. The molecule has 0 saturated heterocycles. The van der Waals surface area contributed by atoms with Gasteiger partial charge in [0.15, 0.2) is 0 Å². The van der Waals surface area contributed by atoms with Crippen LogP contribution in [0.1, 0.15) is 0 Å². The maximum absolute atomic E-state index is 6.49. The molecule has 7 aromatic rings. The van der Waals surface area contributed by atoms with Gasteiger partial charge in [0.2, 0.25) is 5.28 Å². The second-order valence-electron chi connectivity index (χ2n) is 8.80. The van der Waals surface area contributed by atoms with Gasteiger partial charge < -0.3 is 0 Å². The highest BCUT2D eigenvalue weighted by Gasteiger charge is 2.16. The number of fused-ring (bicyclic) bond motifs is 7. The topological polar surface area (TPSA) is 25.8 Å². The fourth-order valence-electron chi connectivity index (χ4n) is 5.14. The Labute approximate surface area is 207 Å². The Morgan fingerprint density at radius 2 is 1.03 bits per heavy atom. The molecule has 0 unspecified atom stereocenters. The number of benzene rings is 6. The number of hydrogen-bond donors (Lipinski definition) is 0. The van der Waals surface area contributed by atoms with E-state index in [0.717, 1.165) is 32.9 Å². The summed E-state index contributed by atoms with van der Waals surface area (Å²) in [6, 6.07) is 40.4. The molecule has 0 aliphatic rings. The van der Waals surface area contributed by atoms with E-state index in [1.165, 1.54) is 32.7 Å². The molecule has 0 saturated carbocycles. The van der Waals surface area contributed by atoms with Crippen LogP contribution in [0.4, 0.5) is 0 Å². The van der Waals surface area contributed by atoms with Gasteiger partial charge in [0.25, 0.3) is 0 Å². The van der Waals surface area contributed by atoms with Crippen molar-refractivity contribution in [3.8, 4) is 22.4 Å². The molecule has 0 spiro atoms. The van der Waals surface area contributed by atoms with E-state index in [0.29, 0.717) is 0 Å². The predicted octanol–water partition coefficient (Wildman–Crippen LogP) is 9.08. The van der Waals surface area contributed by atoms with Crippen LogP contribution in [0, 0.1) is 0 Å². The Morgan fingerprint density at radius 3 is 1.80 bits per heavy atom. The number of nitrogens with zero attached hydrogens (tertiary/aromatic N) is 2. The summed E-state index contributed by atoms with van der Waals surface area (Å²) in [6.07, 6.45) is 0. The average molecular weight is 467 g/mol. The molecule has 0 radical (unpaired) electrons. The van der Waals surface area contributed by atoms with Crippen molar-refractivity contribution >= 4 is 54.8 Å². The highest BCUT2D eigenvalue weighted by atomic mass is 35.5. The van der Waals surface area contributed by atoms with Crippen LogP contribution < -0.4 is 0 Å². The maximum Gasteiger partial charge on any atom is 0.223 e. The van der Waals surface area contributed by atoms with Gasteiger partial charge in [0.1, 0.15) is 0 Å². The van der Waals surface area contributed by atoms with Crippen LogP contribution in [0.2, 0.25) is 5.28 Å². The van der Waals surface area contributed by atoms with Gasteiger partial charge in [-0.15, -0.1) is 0 Å². The van der Waals surface area contributed by atoms with E-state index in [-0.39, 0.29) is 5.28 Å². The molecule has 0 fully saturated rings. The van der Waals surface area contributed by atoms with Gasteiger partial charge in [-0.3, -0.25) is 0 Å². The first kappa shape index (κ1) is 20.1. The molecule has 3 heteroatoms. The highest BCUT2D eigenvalue weighted by molar-refractivity contribution is 6.31. The Morgan fingerprint density at radius 1 is 0.457 bits per heavy atom. The molecule has 0 amide bonds. The van der Waals surface area contributed by atoms with Crippen LogP contribution in [-0.2, 0) is 0 Å². The van der Waals surface area contributed by atoms with E-state index in [4.69, 9.17) is 16.6 Å². The second-order valence-corrected chi connectivity index (χ2v) is 9.13. The van der Waals surface area contributed by atoms with Crippen molar-refractivity contribution in [1.29, 1.82) is 0 Å². The molecule has 35 heavy (non-hydrogen) atoms. The Balaban J connectivity index is 1.46. The van der Waals surface area contributed by atoms with E-state index in [9.17, 15) is 0 Å². The molecule has 0 bridgehead atoms. The van der Waals surface area contributed by atoms with E-state index < -0.39 is 0 Å². The monoisotopic (exact) mass is 466 g/mol. The minimum atomic E-state index is 0.256. The first-order chi connectivity index (χ1) is 17.3. The van der Waals surface area contributed by atoms with Gasteiger partial charge in [-0.05, 0) is 55.7 Å². The zero-order valence-electron chi connectivity index (χ0n) is 18.7.